The molecule has 4 aliphatic rings. The fourth-order valence-corrected chi connectivity index (χ4v) is 7.36. The van der Waals surface area contributed by atoms with E-state index >= 15 is 0 Å². The monoisotopic (exact) mass is 505 g/mol. The summed E-state index contributed by atoms with van der Waals surface area (Å²) in [5, 5.41) is 26.4. The molecular weight excluding hydrogens is 476 g/mol. The number of carbonyl (C=O) groups excluding carboxylic acids is 2. The second-order valence-electron chi connectivity index (χ2n) is 9.65. The van der Waals surface area contributed by atoms with Crippen molar-refractivity contribution in [1.29, 1.82) is 5.41 Å². The highest BCUT2D eigenvalue weighted by Gasteiger charge is 2.72. The van der Waals surface area contributed by atoms with Gasteiger partial charge in [0, 0.05) is 18.8 Å². The van der Waals surface area contributed by atoms with Gasteiger partial charge in [0.15, 0.2) is 0 Å². The molecule has 2 unspecified atom stereocenters. The molecule has 5 rings (SSSR count). The zero-order valence-corrected chi connectivity index (χ0v) is 20.4. The van der Waals surface area contributed by atoms with Gasteiger partial charge in [-0.1, -0.05) is 19.3 Å². The lowest BCUT2D eigenvalue weighted by Gasteiger charge is -2.31. The van der Waals surface area contributed by atoms with Gasteiger partial charge in [-0.25, -0.2) is 0 Å². The van der Waals surface area contributed by atoms with Crippen LogP contribution in [-0.4, -0.2) is 76.1 Å². The second-order valence-corrected chi connectivity index (χ2v) is 11.3. The van der Waals surface area contributed by atoms with E-state index in [0.717, 1.165) is 43.2 Å². The average molecular weight is 506 g/mol. The van der Waals surface area contributed by atoms with Gasteiger partial charge in [-0.15, -0.1) is 22.9 Å². The summed E-state index contributed by atoms with van der Waals surface area (Å²) in [5.41, 5.74) is -0.494. The van der Waals surface area contributed by atoms with Crippen molar-refractivity contribution in [2.75, 3.05) is 13.2 Å². The number of fused-ring (bicyclic) bond motifs is 2. The molecule has 8 nitrogen and oxygen atoms in total. The molecule has 2 amide bonds. The molecule has 10 heteroatoms. The molecule has 1 aromatic heterocycles. The molecule has 4 fully saturated rings. The fraction of sp³-hybridized carbons (Fsp3) is 0.583. The summed E-state index contributed by atoms with van der Waals surface area (Å²) in [5.74, 6) is -0.254. The van der Waals surface area contributed by atoms with Gasteiger partial charge in [0.2, 0.25) is 11.6 Å². The van der Waals surface area contributed by atoms with Crippen molar-refractivity contribution < 1.29 is 24.8 Å². The molecule has 5 N–H and O–H groups in total. The van der Waals surface area contributed by atoms with Gasteiger partial charge in [-0.05, 0) is 42.9 Å². The molecule has 0 spiro atoms. The van der Waals surface area contributed by atoms with Gasteiger partial charge in [-0.2, -0.15) is 0 Å². The van der Waals surface area contributed by atoms with E-state index in [-0.39, 0.29) is 41.7 Å². The normalized spacial score (nSPS) is 36.6. The standard InChI is InChI=1S/C24H29ClN4O4S/c25-15-11-29(20-17(30)12-33-21(15)20)23(32)24(13-5-2-1-3-6-14(13)24)28-22(31)19-9-8-18(34-19)16(27)7-4-10-26/h4,7-10,13-15,17,20-21,26-27,30H,1-3,5-6,11-12H2,(H,28,31)/p+1/b7-4-,26-10?,27-16?/t13?,14?,15-,17-,20+,21+,24?/m0/s1. The van der Waals surface area contributed by atoms with Gasteiger partial charge in [0.1, 0.15) is 11.6 Å². The highest BCUT2D eigenvalue weighted by atomic mass is 35.5. The van der Waals surface area contributed by atoms with E-state index in [2.05, 4.69) is 5.32 Å². The lowest BCUT2D eigenvalue weighted by molar-refractivity contribution is -0.137. The van der Waals surface area contributed by atoms with Crippen molar-refractivity contribution >= 4 is 46.7 Å². The van der Waals surface area contributed by atoms with E-state index in [4.69, 9.17) is 27.2 Å². The molecule has 182 valence electrons. The molecule has 3 heterocycles. The van der Waals surface area contributed by atoms with Crippen LogP contribution in [0.4, 0.5) is 0 Å². The lowest BCUT2D eigenvalue weighted by Crippen LogP contribution is -2.56. The third kappa shape index (κ3) is 3.82. The van der Waals surface area contributed by atoms with E-state index in [1.807, 2.05) is 0 Å². The number of halogens is 1. The number of likely N-dealkylation sites (tertiary alicyclic amines) is 1. The SMILES string of the molecule is N=C/C=C\C(=[NH2+])c1ccc(C(=O)NC2(C(=O)N3C[C@H](Cl)[C@H]4OC[C@H](O)[C@H]43)C3CCCCCC32)s1. The van der Waals surface area contributed by atoms with E-state index in [1.165, 1.54) is 17.4 Å². The highest BCUT2D eigenvalue weighted by Crippen LogP contribution is 2.59. The number of nitrogens with two attached hydrogens (primary N) is 1. The van der Waals surface area contributed by atoms with Crippen LogP contribution in [0.2, 0.25) is 0 Å². The smallest absolute Gasteiger partial charge is 0.262 e. The van der Waals surface area contributed by atoms with E-state index < -0.39 is 17.7 Å². The number of hydrogen-bond donors (Lipinski definition) is 4. The summed E-state index contributed by atoms with van der Waals surface area (Å²) < 4.78 is 5.66. The number of carbonyl (C=O) groups is 2. The number of rotatable bonds is 6. The van der Waals surface area contributed by atoms with Crippen molar-refractivity contribution in [2.24, 2.45) is 11.8 Å². The van der Waals surface area contributed by atoms with Crippen molar-refractivity contribution in [1.82, 2.24) is 10.2 Å². The Balaban J connectivity index is 1.40. The predicted octanol–water partition coefficient (Wildman–Crippen LogP) is 0.759. The third-order valence-electron chi connectivity index (χ3n) is 7.78. The number of nitrogens with zero attached hydrogens (tertiary/aromatic N) is 1. The molecule has 0 aromatic carbocycles. The van der Waals surface area contributed by atoms with Crippen LogP contribution in [0.15, 0.2) is 24.3 Å². The van der Waals surface area contributed by atoms with Crippen LogP contribution in [-0.2, 0) is 9.53 Å². The largest absolute Gasteiger partial charge is 0.388 e. The lowest BCUT2D eigenvalue weighted by atomic mass is 10.0. The number of thiophene rings is 1. The maximum absolute atomic E-state index is 14.1. The molecule has 2 aliphatic heterocycles. The summed E-state index contributed by atoms with van der Waals surface area (Å²) in [6.45, 7) is 0.467. The number of aliphatic hydroxyl groups is 1. The first-order valence-corrected chi connectivity index (χ1v) is 13.1. The van der Waals surface area contributed by atoms with E-state index in [1.54, 1.807) is 23.1 Å². The molecule has 34 heavy (non-hydrogen) atoms. The topological polar surface area (TPSA) is 128 Å². The van der Waals surface area contributed by atoms with Crippen LogP contribution in [0.25, 0.3) is 0 Å². The zero-order chi connectivity index (χ0) is 24.0. The molecular formula is C24H30ClN4O4S+. The molecule has 0 bridgehead atoms. The van der Waals surface area contributed by atoms with Crippen molar-refractivity contribution in [3.63, 3.8) is 0 Å². The Hall–Kier alpha value is -2.07. The Kier molecular flexibility index (Phi) is 6.39. The van der Waals surface area contributed by atoms with E-state index in [9.17, 15) is 14.7 Å². The first-order valence-electron chi connectivity index (χ1n) is 11.9. The average Bonchev–Trinajstić information content (AvgIpc) is 3.14. The van der Waals surface area contributed by atoms with Gasteiger partial charge in [0.05, 0.1) is 33.9 Å². The van der Waals surface area contributed by atoms with Gasteiger partial charge in [0.25, 0.3) is 5.91 Å². The number of aliphatic hydroxyl groups excluding tert-OH is 1. The maximum atomic E-state index is 14.1. The number of amides is 2. The number of nitrogens with one attached hydrogen (secondary N) is 2. The molecule has 0 radical (unpaired) electrons. The Morgan fingerprint density at radius 3 is 2.68 bits per heavy atom. The molecule has 1 aromatic rings. The summed E-state index contributed by atoms with van der Waals surface area (Å²) in [6.07, 6.45) is 8.13. The Morgan fingerprint density at radius 1 is 1.26 bits per heavy atom. The van der Waals surface area contributed by atoms with Crippen LogP contribution in [0, 0.1) is 17.2 Å². The molecule has 6 atom stereocenters. The minimum absolute atomic E-state index is 0.0883. The van der Waals surface area contributed by atoms with Crippen LogP contribution < -0.4 is 10.7 Å². The van der Waals surface area contributed by atoms with Crippen LogP contribution in [0.3, 0.4) is 0 Å². The second kappa shape index (κ2) is 9.18. The van der Waals surface area contributed by atoms with E-state index in [0.29, 0.717) is 17.1 Å². The minimum atomic E-state index is -0.967. The maximum Gasteiger partial charge on any atom is 0.262 e. The summed E-state index contributed by atoms with van der Waals surface area (Å²) in [6, 6.07) is 3.02. The fourth-order valence-electron chi connectivity index (χ4n) is 6.15. The quantitative estimate of drug-likeness (QED) is 0.336. The van der Waals surface area contributed by atoms with Crippen molar-refractivity contribution in [2.45, 2.75) is 61.3 Å². The third-order valence-corrected chi connectivity index (χ3v) is 9.30. The molecule has 2 saturated carbocycles. The number of ether oxygens (including phenoxy) is 1. The highest BCUT2D eigenvalue weighted by molar-refractivity contribution is 7.16. The van der Waals surface area contributed by atoms with Crippen molar-refractivity contribution in [3.05, 3.63) is 34.0 Å². The first kappa shape index (κ1) is 23.7. The summed E-state index contributed by atoms with van der Waals surface area (Å²) in [4.78, 5) is 30.3. The molecule has 2 saturated heterocycles. The zero-order valence-electron chi connectivity index (χ0n) is 18.8. The minimum Gasteiger partial charge on any atom is -0.388 e. The van der Waals surface area contributed by atoms with Crippen LogP contribution in [0.5, 0.6) is 0 Å². The molecule has 2 aliphatic carbocycles. The van der Waals surface area contributed by atoms with Crippen LogP contribution in [0.1, 0.15) is 46.7 Å². The van der Waals surface area contributed by atoms with Crippen LogP contribution >= 0.6 is 22.9 Å². The Morgan fingerprint density at radius 2 is 1.97 bits per heavy atom. The van der Waals surface area contributed by atoms with Gasteiger partial charge >= 0.3 is 0 Å². The number of hydrogen-bond acceptors (Lipinski definition) is 6. The Bertz CT molecular complexity index is 1030. The number of allylic oxidation sites excluding steroid dienone is 2. The van der Waals surface area contributed by atoms with Crippen molar-refractivity contribution in [3.8, 4) is 0 Å². The Labute approximate surface area is 207 Å². The predicted molar refractivity (Wildman–Crippen MR) is 129 cm³/mol. The number of alkyl halides is 1. The summed E-state index contributed by atoms with van der Waals surface area (Å²) in [7, 11) is 0. The first-order chi connectivity index (χ1) is 16.4. The van der Waals surface area contributed by atoms with Gasteiger partial charge < -0.3 is 25.5 Å². The van der Waals surface area contributed by atoms with Gasteiger partial charge in [-0.3, -0.25) is 15.0 Å². The summed E-state index contributed by atoms with van der Waals surface area (Å²) >= 11 is 7.75.